The van der Waals surface area contributed by atoms with Crippen molar-refractivity contribution in [2.24, 2.45) is 0 Å². The van der Waals surface area contributed by atoms with Crippen LogP contribution in [-0.2, 0) is 20.8 Å². The number of ketones is 1. The number of benzene rings is 1. The van der Waals surface area contributed by atoms with Gasteiger partial charge in [-0.3, -0.25) is 9.59 Å². The Bertz CT molecular complexity index is 947. The molecule has 3 rings (SSSR count). The fourth-order valence-corrected chi connectivity index (χ4v) is 5.03. The number of carbonyl (C=O) groups excluding carboxylic acids is 2. The van der Waals surface area contributed by atoms with Crippen LogP contribution in [0.25, 0.3) is 0 Å². The SMILES string of the molecule is Cc1cc(SCC(=O)OCC(=O)c2cc(C)n(CC3CCCO3)c2C)c(C)cc1Br. The molecule has 2 heterocycles. The minimum atomic E-state index is -0.388. The number of Topliss-reactive ketones (excluding diaryl/α,β-unsaturated/α-hetero) is 1. The molecule has 1 aromatic heterocycles. The minimum absolute atomic E-state index is 0.171. The van der Waals surface area contributed by atoms with Crippen LogP contribution < -0.4 is 0 Å². The number of aryl methyl sites for hydroxylation is 3. The van der Waals surface area contributed by atoms with E-state index in [1.807, 2.05) is 45.9 Å². The Hall–Kier alpha value is -1.57. The second-order valence-electron chi connectivity index (χ2n) is 7.77. The van der Waals surface area contributed by atoms with Crippen LogP contribution in [0.15, 0.2) is 27.6 Å². The Kier molecular flexibility index (Phi) is 7.82. The number of hydrogen-bond acceptors (Lipinski definition) is 5. The third kappa shape index (κ3) is 5.56. The molecule has 1 atom stereocenters. The molecular formula is C23H28BrNO4S. The van der Waals surface area contributed by atoms with Crippen LogP contribution in [0.3, 0.4) is 0 Å². The van der Waals surface area contributed by atoms with Crippen LogP contribution in [-0.4, -0.2) is 41.4 Å². The molecule has 30 heavy (non-hydrogen) atoms. The van der Waals surface area contributed by atoms with E-state index in [1.54, 1.807) is 0 Å². The number of nitrogens with zero attached hydrogens (tertiary/aromatic N) is 1. The number of hydrogen-bond donors (Lipinski definition) is 0. The van der Waals surface area contributed by atoms with E-state index in [0.717, 1.165) is 57.9 Å². The highest BCUT2D eigenvalue weighted by molar-refractivity contribution is 9.10. The van der Waals surface area contributed by atoms with Crippen molar-refractivity contribution < 1.29 is 19.1 Å². The number of rotatable bonds is 8. The van der Waals surface area contributed by atoms with Crippen molar-refractivity contribution in [2.45, 2.75) is 58.1 Å². The van der Waals surface area contributed by atoms with Gasteiger partial charge in [0.1, 0.15) is 0 Å². The van der Waals surface area contributed by atoms with E-state index in [1.165, 1.54) is 11.8 Å². The molecule has 1 fully saturated rings. The maximum atomic E-state index is 12.6. The number of ether oxygens (including phenoxy) is 2. The molecule has 0 spiro atoms. The molecule has 0 bridgehead atoms. The summed E-state index contributed by atoms with van der Waals surface area (Å²) in [6.07, 6.45) is 2.34. The highest BCUT2D eigenvalue weighted by atomic mass is 79.9. The van der Waals surface area contributed by atoms with E-state index in [2.05, 4.69) is 20.5 Å². The Morgan fingerprint density at radius 1 is 1.20 bits per heavy atom. The highest BCUT2D eigenvalue weighted by Gasteiger charge is 2.21. The number of esters is 1. The molecule has 0 radical (unpaired) electrons. The summed E-state index contributed by atoms with van der Waals surface area (Å²) >= 11 is 4.94. The lowest BCUT2D eigenvalue weighted by molar-refractivity contribution is -0.139. The lowest BCUT2D eigenvalue weighted by Gasteiger charge is -2.14. The molecule has 0 aliphatic carbocycles. The van der Waals surface area contributed by atoms with Crippen molar-refractivity contribution in [3.05, 3.63) is 50.8 Å². The van der Waals surface area contributed by atoms with Crippen LogP contribution in [0, 0.1) is 27.7 Å². The van der Waals surface area contributed by atoms with E-state index in [9.17, 15) is 9.59 Å². The summed E-state index contributed by atoms with van der Waals surface area (Å²) < 4.78 is 14.2. The fraction of sp³-hybridized carbons (Fsp3) is 0.478. The van der Waals surface area contributed by atoms with E-state index in [4.69, 9.17) is 9.47 Å². The first-order valence-electron chi connectivity index (χ1n) is 10.1. The second-order valence-corrected chi connectivity index (χ2v) is 9.64. The van der Waals surface area contributed by atoms with Crippen LogP contribution in [0.5, 0.6) is 0 Å². The molecular weight excluding hydrogens is 466 g/mol. The summed E-state index contributed by atoms with van der Waals surface area (Å²) in [5.74, 6) is -0.384. The van der Waals surface area contributed by atoms with Gasteiger partial charge in [-0.1, -0.05) is 15.9 Å². The zero-order valence-electron chi connectivity index (χ0n) is 17.9. The molecule has 1 aliphatic rings. The first-order chi connectivity index (χ1) is 14.3. The quantitative estimate of drug-likeness (QED) is 0.288. The average Bonchev–Trinajstić information content (AvgIpc) is 3.31. The lowest BCUT2D eigenvalue weighted by Crippen LogP contribution is -2.18. The molecule has 1 saturated heterocycles. The third-order valence-electron chi connectivity index (χ3n) is 5.45. The van der Waals surface area contributed by atoms with E-state index >= 15 is 0 Å². The first kappa shape index (κ1) is 23.1. The van der Waals surface area contributed by atoms with Gasteiger partial charge >= 0.3 is 5.97 Å². The van der Waals surface area contributed by atoms with Gasteiger partial charge in [0.05, 0.1) is 11.9 Å². The first-order valence-corrected chi connectivity index (χ1v) is 11.9. The van der Waals surface area contributed by atoms with Gasteiger partial charge in [-0.05, 0) is 69.9 Å². The zero-order valence-corrected chi connectivity index (χ0v) is 20.3. The molecule has 2 aromatic rings. The predicted octanol–water partition coefficient (Wildman–Crippen LogP) is 5.18. The Morgan fingerprint density at radius 3 is 2.67 bits per heavy atom. The minimum Gasteiger partial charge on any atom is -0.457 e. The third-order valence-corrected chi connectivity index (χ3v) is 7.44. The van der Waals surface area contributed by atoms with Crippen LogP contribution in [0.2, 0.25) is 0 Å². The second kappa shape index (κ2) is 10.2. The van der Waals surface area contributed by atoms with Gasteiger partial charge in [-0.25, -0.2) is 0 Å². The van der Waals surface area contributed by atoms with Crippen molar-refractivity contribution in [2.75, 3.05) is 19.0 Å². The number of thioether (sulfide) groups is 1. The topological polar surface area (TPSA) is 57.5 Å². The molecule has 5 nitrogen and oxygen atoms in total. The fourth-order valence-electron chi connectivity index (χ4n) is 3.67. The van der Waals surface area contributed by atoms with Gasteiger partial charge < -0.3 is 14.0 Å². The van der Waals surface area contributed by atoms with E-state index < -0.39 is 0 Å². The summed E-state index contributed by atoms with van der Waals surface area (Å²) in [6, 6.07) is 5.97. The normalized spacial score (nSPS) is 16.1. The van der Waals surface area contributed by atoms with Crippen molar-refractivity contribution in [1.82, 2.24) is 4.57 Å². The van der Waals surface area contributed by atoms with Gasteiger partial charge in [-0.2, -0.15) is 0 Å². The summed E-state index contributed by atoms with van der Waals surface area (Å²) in [5, 5.41) is 0. The number of carbonyl (C=O) groups is 2. The monoisotopic (exact) mass is 493 g/mol. The van der Waals surface area contributed by atoms with Crippen molar-refractivity contribution in [3.63, 3.8) is 0 Å². The average molecular weight is 494 g/mol. The highest BCUT2D eigenvalue weighted by Crippen LogP contribution is 2.28. The Morgan fingerprint density at radius 2 is 1.97 bits per heavy atom. The van der Waals surface area contributed by atoms with Gasteiger partial charge in [0.25, 0.3) is 0 Å². The smallest absolute Gasteiger partial charge is 0.316 e. The van der Waals surface area contributed by atoms with Crippen LogP contribution in [0.4, 0.5) is 0 Å². The summed E-state index contributed by atoms with van der Waals surface area (Å²) in [7, 11) is 0. The van der Waals surface area contributed by atoms with Crippen molar-refractivity contribution in [1.29, 1.82) is 0 Å². The maximum Gasteiger partial charge on any atom is 0.316 e. The lowest BCUT2D eigenvalue weighted by atomic mass is 10.1. The molecule has 7 heteroatoms. The van der Waals surface area contributed by atoms with E-state index in [-0.39, 0.29) is 30.2 Å². The maximum absolute atomic E-state index is 12.6. The molecule has 162 valence electrons. The van der Waals surface area contributed by atoms with Gasteiger partial charge in [0.15, 0.2) is 6.61 Å². The van der Waals surface area contributed by atoms with E-state index in [0.29, 0.717) is 5.56 Å². The van der Waals surface area contributed by atoms with Crippen LogP contribution in [0.1, 0.15) is 45.7 Å². The molecule has 1 aliphatic heterocycles. The standard InChI is InChI=1S/C23H28BrNO4S/c1-14-9-22(15(2)8-20(14)24)30-13-23(27)29-12-21(26)19-10-16(3)25(17(19)4)11-18-6-5-7-28-18/h8-10,18H,5-7,11-13H2,1-4H3. The molecule has 0 N–H and O–H groups in total. The molecule has 1 unspecified atom stereocenters. The Labute approximate surface area is 190 Å². The van der Waals surface area contributed by atoms with Crippen LogP contribution >= 0.6 is 27.7 Å². The van der Waals surface area contributed by atoms with Crippen molar-refractivity contribution >= 4 is 39.4 Å². The zero-order chi connectivity index (χ0) is 21.8. The predicted molar refractivity (Wildman–Crippen MR) is 123 cm³/mol. The Balaban J connectivity index is 1.54. The van der Waals surface area contributed by atoms with Gasteiger partial charge in [0.2, 0.25) is 5.78 Å². The van der Waals surface area contributed by atoms with Gasteiger partial charge in [-0.15, -0.1) is 11.8 Å². The summed E-state index contributed by atoms with van der Waals surface area (Å²) in [5.41, 5.74) is 4.75. The molecule has 0 saturated carbocycles. The molecule has 0 amide bonds. The van der Waals surface area contributed by atoms with Gasteiger partial charge in [0, 0.05) is 39.5 Å². The summed E-state index contributed by atoms with van der Waals surface area (Å²) in [6.45, 7) is 9.28. The van der Waals surface area contributed by atoms with Crippen molar-refractivity contribution in [3.8, 4) is 0 Å². The number of halogens is 1. The largest absolute Gasteiger partial charge is 0.457 e. The summed E-state index contributed by atoms with van der Waals surface area (Å²) in [4.78, 5) is 25.9. The number of aromatic nitrogens is 1. The molecule has 1 aromatic carbocycles.